The Morgan fingerprint density at radius 3 is 1.44 bits per heavy atom. The zero-order valence-electron chi connectivity index (χ0n) is 21.6. The van der Waals surface area contributed by atoms with Crippen LogP contribution in [0.3, 0.4) is 0 Å². The van der Waals surface area contributed by atoms with E-state index in [2.05, 4.69) is 99.3 Å². The minimum absolute atomic E-state index is 1.04. The van der Waals surface area contributed by atoms with Gasteiger partial charge in [0.2, 0.25) is 0 Å². The van der Waals surface area contributed by atoms with Crippen molar-refractivity contribution >= 4 is 11.0 Å². The third-order valence-electron chi connectivity index (χ3n) is 8.37. The lowest BCUT2D eigenvalue weighted by atomic mass is 9.85. The van der Waals surface area contributed by atoms with Crippen molar-refractivity contribution < 1.29 is 0 Å². The number of aromatic nitrogens is 2. The number of nitrogens with zero attached hydrogens (tertiary/aromatic N) is 2. The van der Waals surface area contributed by atoms with Gasteiger partial charge in [-0.05, 0) is 142 Å². The topological polar surface area (TPSA) is 17.8 Å². The highest BCUT2D eigenvalue weighted by atomic mass is 15.0. The van der Waals surface area contributed by atoms with Gasteiger partial charge in [-0.1, -0.05) is 0 Å². The zero-order valence-corrected chi connectivity index (χ0v) is 21.6. The van der Waals surface area contributed by atoms with Crippen molar-refractivity contribution in [3.63, 3.8) is 0 Å². The number of aryl methyl sites for hydroxylation is 1. The second kappa shape index (κ2) is 7.62. The Morgan fingerprint density at radius 1 is 0.562 bits per heavy atom. The summed E-state index contributed by atoms with van der Waals surface area (Å²) in [6.45, 7) is 22.5. The summed E-state index contributed by atoms with van der Waals surface area (Å²) in [7, 11) is 2.10. The average Bonchev–Trinajstić information content (AvgIpc) is 3.09. The second-order valence-electron chi connectivity index (χ2n) is 9.75. The van der Waals surface area contributed by atoms with Gasteiger partial charge in [0.15, 0.2) is 0 Å². The molecule has 0 fully saturated rings. The van der Waals surface area contributed by atoms with E-state index in [-0.39, 0.29) is 0 Å². The molecule has 0 aliphatic rings. The molecular formula is C30H36N2. The number of rotatable bonds is 2. The van der Waals surface area contributed by atoms with Gasteiger partial charge in [0.25, 0.3) is 0 Å². The lowest BCUT2D eigenvalue weighted by Gasteiger charge is -2.20. The second-order valence-corrected chi connectivity index (χ2v) is 9.75. The van der Waals surface area contributed by atoms with Gasteiger partial charge in [-0.2, -0.15) is 0 Å². The molecule has 2 heterocycles. The molecule has 0 unspecified atom stereocenters. The molecule has 2 heteroatoms. The van der Waals surface area contributed by atoms with E-state index in [1.54, 1.807) is 0 Å². The van der Waals surface area contributed by atoms with E-state index in [0.717, 1.165) is 5.65 Å². The maximum Gasteiger partial charge on any atom is 0.140 e. The number of pyridine rings is 1. The number of benzene rings is 2. The third kappa shape index (κ3) is 3.03. The average molecular weight is 425 g/mol. The molecule has 0 radical (unpaired) electrons. The molecule has 2 aromatic carbocycles. The van der Waals surface area contributed by atoms with Crippen LogP contribution in [0.5, 0.6) is 0 Å². The summed E-state index contributed by atoms with van der Waals surface area (Å²) >= 11 is 0. The number of hydrogen-bond donors (Lipinski definition) is 0. The molecular weight excluding hydrogens is 388 g/mol. The first-order valence-electron chi connectivity index (χ1n) is 11.6. The van der Waals surface area contributed by atoms with Crippen LogP contribution < -0.4 is 0 Å². The molecule has 0 aliphatic carbocycles. The van der Waals surface area contributed by atoms with Gasteiger partial charge in [0, 0.05) is 36.0 Å². The lowest BCUT2D eigenvalue weighted by Crippen LogP contribution is -2.00. The zero-order chi connectivity index (χ0) is 23.6. The van der Waals surface area contributed by atoms with Crippen LogP contribution in [0.2, 0.25) is 0 Å². The van der Waals surface area contributed by atoms with Gasteiger partial charge in [-0.15, -0.1) is 0 Å². The molecule has 0 spiro atoms. The van der Waals surface area contributed by atoms with Crippen LogP contribution >= 0.6 is 0 Å². The van der Waals surface area contributed by atoms with Crippen LogP contribution in [-0.2, 0) is 7.05 Å². The van der Waals surface area contributed by atoms with Gasteiger partial charge in [0.1, 0.15) is 5.65 Å². The normalized spacial score (nSPS) is 11.6. The highest BCUT2D eigenvalue weighted by Gasteiger charge is 2.20. The van der Waals surface area contributed by atoms with Gasteiger partial charge >= 0.3 is 0 Å². The van der Waals surface area contributed by atoms with E-state index in [0.29, 0.717) is 0 Å². The Balaban J connectivity index is 2.08. The fourth-order valence-electron chi connectivity index (χ4n) is 5.43. The summed E-state index contributed by atoms with van der Waals surface area (Å²) in [6, 6.07) is 2.37. The molecule has 2 aromatic heterocycles. The first-order valence-corrected chi connectivity index (χ1v) is 11.6. The van der Waals surface area contributed by atoms with Crippen LogP contribution in [-0.4, -0.2) is 9.55 Å². The van der Waals surface area contributed by atoms with E-state index in [1.807, 2.05) is 0 Å². The first-order chi connectivity index (χ1) is 15.0. The third-order valence-corrected chi connectivity index (χ3v) is 8.37. The molecule has 166 valence electrons. The summed E-state index contributed by atoms with van der Waals surface area (Å²) in [5.74, 6) is 0. The lowest BCUT2D eigenvalue weighted by molar-refractivity contribution is 0.949. The molecule has 0 aliphatic heterocycles. The minimum Gasteiger partial charge on any atom is -0.335 e. The van der Waals surface area contributed by atoms with Crippen molar-refractivity contribution in [1.82, 2.24) is 9.55 Å². The van der Waals surface area contributed by atoms with Gasteiger partial charge < -0.3 is 4.57 Å². The monoisotopic (exact) mass is 424 g/mol. The van der Waals surface area contributed by atoms with E-state index >= 15 is 0 Å². The summed E-state index contributed by atoms with van der Waals surface area (Å²) < 4.78 is 2.17. The molecule has 4 aromatic rings. The molecule has 0 N–H and O–H groups in total. The highest BCUT2D eigenvalue weighted by molar-refractivity contribution is 5.98. The molecule has 0 atom stereocenters. The van der Waals surface area contributed by atoms with Gasteiger partial charge in [-0.25, -0.2) is 4.98 Å². The molecule has 0 bridgehead atoms. The van der Waals surface area contributed by atoms with Crippen molar-refractivity contribution in [2.45, 2.75) is 69.2 Å². The van der Waals surface area contributed by atoms with E-state index < -0.39 is 0 Å². The van der Waals surface area contributed by atoms with Crippen LogP contribution in [0.4, 0.5) is 0 Å². The van der Waals surface area contributed by atoms with Gasteiger partial charge in [0.05, 0.1) is 0 Å². The van der Waals surface area contributed by atoms with Crippen LogP contribution in [0.25, 0.3) is 33.3 Å². The Bertz CT molecular complexity index is 1360. The Kier molecular flexibility index (Phi) is 5.32. The maximum atomic E-state index is 4.95. The molecule has 0 saturated carbocycles. The highest BCUT2D eigenvalue weighted by Crippen LogP contribution is 2.40. The van der Waals surface area contributed by atoms with Crippen molar-refractivity contribution in [2.24, 2.45) is 7.05 Å². The van der Waals surface area contributed by atoms with Crippen molar-refractivity contribution in [2.75, 3.05) is 0 Å². The Labute approximate surface area is 193 Å². The molecule has 32 heavy (non-hydrogen) atoms. The standard InChI is InChI=1S/C30H36N2/c1-15-17(3)21(7)28(22(8)18(15)4)25-12-26-27(14-32(11)30(26)31-13-25)29-23(9)19(5)16(2)20(6)24(29)10/h12-14H,1-11H3. The fraction of sp³-hybridized carbons (Fsp3) is 0.367. The first kappa shape index (κ1) is 22.3. The van der Waals surface area contributed by atoms with Crippen molar-refractivity contribution in [1.29, 1.82) is 0 Å². The van der Waals surface area contributed by atoms with Crippen molar-refractivity contribution in [3.05, 3.63) is 74.1 Å². The predicted octanol–water partition coefficient (Wildman–Crippen LogP) is 7.99. The largest absolute Gasteiger partial charge is 0.335 e. The number of fused-ring (bicyclic) bond motifs is 1. The predicted molar refractivity (Wildman–Crippen MR) is 139 cm³/mol. The molecule has 4 rings (SSSR count). The fourth-order valence-corrected chi connectivity index (χ4v) is 5.43. The van der Waals surface area contributed by atoms with Crippen LogP contribution in [0.1, 0.15) is 55.6 Å². The summed E-state index contributed by atoms with van der Waals surface area (Å²) in [5, 5.41) is 1.23. The van der Waals surface area contributed by atoms with Gasteiger partial charge in [-0.3, -0.25) is 0 Å². The number of hydrogen-bond acceptors (Lipinski definition) is 1. The Morgan fingerprint density at radius 2 is 0.969 bits per heavy atom. The minimum atomic E-state index is 1.04. The SMILES string of the molecule is Cc1c(C)c(C)c(-c2cnc3c(c2)c(-c2c(C)c(C)c(C)c(C)c2C)cn3C)c(C)c1C. The summed E-state index contributed by atoms with van der Waals surface area (Å²) in [5.41, 5.74) is 20.0. The Hall–Kier alpha value is -2.87. The molecule has 0 saturated heterocycles. The summed E-state index contributed by atoms with van der Waals surface area (Å²) in [6.07, 6.45) is 4.32. The van der Waals surface area contributed by atoms with E-state index in [9.17, 15) is 0 Å². The smallest absolute Gasteiger partial charge is 0.140 e. The van der Waals surface area contributed by atoms with Crippen LogP contribution in [0.15, 0.2) is 18.5 Å². The summed E-state index contributed by atoms with van der Waals surface area (Å²) in [4.78, 5) is 4.95. The van der Waals surface area contributed by atoms with E-state index in [4.69, 9.17) is 4.98 Å². The van der Waals surface area contributed by atoms with Crippen LogP contribution in [0, 0.1) is 69.2 Å². The maximum absolute atomic E-state index is 4.95. The molecule has 2 nitrogen and oxygen atoms in total. The quantitative estimate of drug-likeness (QED) is 0.319. The van der Waals surface area contributed by atoms with Crippen molar-refractivity contribution in [3.8, 4) is 22.3 Å². The van der Waals surface area contributed by atoms with E-state index in [1.165, 1.54) is 83.3 Å². The molecule has 0 amide bonds.